The molecule has 0 aliphatic rings. The average Bonchev–Trinajstić information content (AvgIpc) is 2.84. The molecule has 3 rings (SSSR count). The Labute approximate surface area is 128 Å². The molecule has 2 aromatic carbocycles. The molecular formula is C17H20N4O. The molecule has 0 amide bonds. The zero-order chi connectivity index (χ0) is 15.7. The van der Waals surface area contributed by atoms with Crippen LogP contribution in [0.5, 0.6) is 0 Å². The Morgan fingerprint density at radius 3 is 2.55 bits per heavy atom. The minimum absolute atomic E-state index is 0.137. The third kappa shape index (κ3) is 2.51. The summed E-state index contributed by atoms with van der Waals surface area (Å²) in [5.74, 6) is 0. The smallest absolute Gasteiger partial charge is 0.327 e. The van der Waals surface area contributed by atoms with Crippen molar-refractivity contribution in [2.45, 2.75) is 19.4 Å². The molecule has 22 heavy (non-hydrogen) atoms. The number of H-pyrrole nitrogens is 1. The van der Waals surface area contributed by atoms with Crippen molar-refractivity contribution in [3.63, 3.8) is 0 Å². The minimum atomic E-state index is -0.427. The monoisotopic (exact) mass is 296 g/mol. The molecule has 0 saturated heterocycles. The van der Waals surface area contributed by atoms with Crippen LogP contribution in [-0.4, -0.2) is 16.1 Å². The van der Waals surface area contributed by atoms with Crippen molar-refractivity contribution in [2.75, 3.05) is 11.9 Å². The number of imidazole rings is 1. The molecule has 114 valence electrons. The highest BCUT2D eigenvalue weighted by atomic mass is 16.1. The number of nitrogens with two attached hydrogens (primary N) is 1. The van der Waals surface area contributed by atoms with Crippen molar-refractivity contribution < 1.29 is 0 Å². The first-order valence-electron chi connectivity index (χ1n) is 7.29. The van der Waals surface area contributed by atoms with Crippen LogP contribution in [0.25, 0.3) is 11.0 Å². The minimum Gasteiger partial charge on any atom is -0.355 e. The number of nitrogens with one attached hydrogen (secondary N) is 2. The van der Waals surface area contributed by atoms with Crippen LogP contribution in [0.3, 0.4) is 0 Å². The Kier molecular flexibility index (Phi) is 3.50. The van der Waals surface area contributed by atoms with Crippen LogP contribution in [-0.2, 0) is 5.54 Å². The summed E-state index contributed by atoms with van der Waals surface area (Å²) in [4.78, 5) is 15.2. The van der Waals surface area contributed by atoms with Gasteiger partial charge in [0.05, 0.1) is 16.6 Å². The molecule has 0 spiro atoms. The van der Waals surface area contributed by atoms with Crippen LogP contribution in [0.1, 0.15) is 13.8 Å². The Morgan fingerprint density at radius 1 is 1.14 bits per heavy atom. The molecular weight excluding hydrogens is 276 g/mol. The van der Waals surface area contributed by atoms with E-state index >= 15 is 0 Å². The number of anilines is 2. The number of aromatic amines is 1. The van der Waals surface area contributed by atoms with Crippen molar-refractivity contribution in [1.29, 1.82) is 0 Å². The van der Waals surface area contributed by atoms with E-state index in [1.165, 1.54) is 0 Å². The second-order valence-electron chi connectivity index (χ2n) is 6.01. The SMILES string of the molecule is CC(C)(CN)n1c(=O)[nH]c2cc(Nc3ccccc3)ccc21. The number of para-hydroxylation sites is 1. The van der Waals surface area contributed by atoms with E-state index in [1.54, 1.807) is 4.57 Å². The van der Waals surface area contributed by atoms with Crippen LogP contribution in [0.15, 0.2) is 53.3 Å². The third-order valence-electron chi connectivity index (χ3n) is 3.85. The Bertz CT molecular complexity index is 846. The van der Waals surface area contributed by atoms with Crippen molar-refractivity contribution in [3.05, 3.63) is 59.0 Å². The number of fused-ring (bicyclic) bond motifs is 1. The lowest BCUT2D eigenvalue weighted by Crippen LogP contribution is -2.40. The molecule has 0 atom stereocenters. The van der Waals surface area contributed by atoms with Gasteiger partial charge in [-0.3, -0.25) is 4.57 Å². The van der Waals surface area contributed by atoms with Crippen molar-refractivity contribution >= 4 is 22.4 Å². The van der Waals surface area contributed by atoms with Gasteiger partial charge in [0.15, 0.2) is 0 Å². The number of hydrogen-bond acceptors (Lipinski definition) is 3. The van der Waals surface area contributed by atoms with Crippen LogP contribution >= 0.6 is 0 Å². The fraction of sp³-hybridized carbons (Fsp3) is 0.235. The first-order chi connectivity index (χ1) is 10.5. The molecule has 0 unspecified atom stereocenters. The second-order valence-corrected chi connectivity index (χ2v) is 6.01. The van der Waals surface area contributed by atoms with Gasteiger partial charge in [-0.05, 0) is 44.2 Å². The lowest BCUT2D eigenvalue weighted by Gasteiger charge is -2.24. The van der Waals surface area contributed by atoms with Crippen LogP contribution in [0.4, 0.5) is 11.4 Å². The summed E-state index contributed by atoms with van der Waals surface area (Å²) < 4.78 is 1.72. The topological polar surface area (TPSA) is 75.8 Å². The van der Waals surface area contributed by atoms with E-state index in [4.69, 9.17) is 5.73 Å². The summed E-state index contributed by atoms with van der Waals surface area (Å²) in [6.45, 7) is 4.31. The van der Waals surface area contributed by atoms with E-state index in [2.05, 4.69) is 10.3 Å². The van der Waals surface area contributed by atoms with Gasteiger partial charge in [-0.2, -0.15) is 0 Å². The third-order valence-corrected chi connectivity index (χ3v) is 3.85. The first kappa shape index (κ1) is 14.4. The van der Waals surface area contributed by atoms with Gasteiger partial charge >= 0.3 is 5.69 Å². The molecule has 0 aliphatic heterocycles. The predicted octanol–water partition coefficient (Wildman–Crippen LogP) is 2.77. The Balaban J connectivity index is 2.04. The summed E-state index contributed by atoms with van der Waals surface area (Å²) >= 11 is 0. The lowest BCUT2D eigenvalue weighted by molar-refractivity contribution is 0.367. The van der Waals surface area contributed by atoms with E-state index in [1.807, 2.05) is 62.4 Å². The molecule has 0 bridgehead atoms. The fourth-order valence-corrected chi connectivity index (χ4v) is 2.57. The quantitative estimate of drug-likeness (QED) is 0.693. The molecule has 0 aliphatic carbocycles. The van der Waals surface area contributed by atoms with Gasteiger partial charge in [0.25, 0.3) is 0 Å². The molecule has 4 N–H and O–H groups in total. The normalized spacial score (nSPS) is 11.8. The highest BCUT2D eigenvalue weighted by Crippen LogP contribution is 2.23. The summed E-state index contributed by atoms with van der Waals surface area (Å²) in [7, 11) is 0. The zero-order valence-electron chi connectivity index (χ0n) is 12.8. The average molecular weight is 296 g/mol. The standard InChI is InChI=1S/C17H20N4O/c1-17(2,11-18)21-15-9-8-13(10-14(15)20-16(21)22)19-12-6-4-3-5-7-12/h3-10,19H,11,18H2,1-2H3,(H,20,22). The molecule has 3 aromatic rings. The largest absolute Gasteiger partial charge is 0.355 e. The predicted molar refractivity (Wildman–Crippen MR) is 90.7 cm³/mol. The van der Waals surface area contributed by atoms with Crippen molar-refractivity contribution in [1.82, 2.24) is 9.55 Å². The highest BCUT2D eigenvalue weighted by molar-refractivity contribution is 5.81. The van der Waals surface area contributed by atoms with Gasteiger partial charge in [-0.25, -0.2) is 4.79 Å². The number of hydrogen-bond donors (Lipinski definition) is 3. The molecule has 0 fully saturated rings. The van der Waals surface area contributed by atoms with Gasteiger partial charge in [-0.1, -0.05) is 18.2 Å². The summed E-state index contributed by atoms with van der Waals surface area (Å²) in [5, 5.41) is 3.32. The van der Waals surface area contributed by atoms with E-state index in [0.717, 1.165) is 22.4 Å². The summed E-state index contributed by atoms with van der Waals surface area (Å²) in [6.07, 6.45) is 0. The van der Waals surface area contributed by atoms with E-state index < -0.39 is 5.54 Å². The molecule has 1 aromatic heterocycles. The molecule has 0 radical (unpaired) electrons. The van der Waals surface area contributed by atoms with Gasteiger partial charge in [-0.15, -0.1) is 0 Å². The molecule has 5 heteroatoms. The first-order valence-corrected chi connectivity index (χ1v) is 7.29. The molecule has 0 saturated carbocycles. The van der Waals surface area contributed by atoms with Crippen molar-refractivity contribution in [2.24, 2.45) is 5.73 Å². The van der Waals surface area contributed by atoms with E-state index in [0.29, 0.717) is 6.54 Å². The molecule has 5 nitrogen and oxygen atoms in total. The maximum atomic E-state index is 12.2. The van der Waals surface area contributed by atoms with E-state index in [9.17, 15) is 4.79 Å². The van der Waals surface area contributed by atoms with Crippen LogP contribution < -0.4 is 16.7 Å². The Hall–Kier alpha value is -2.53. The number of benzene rings is 2. The maximum absolute atomic E-state index is 12.2. The lowest BCUT2D eigenvalue weighted by atomic mass is 10.1. The molecule has 1 heterocycles. The highest BCUT2D eigenvalue weighted by Gasteiger charge is 2.23. The zero-order valence-corrected chi connectivity index (χ0v) is 12.8. The van der Waals surface area contributed by atoms with Gasteiger partial charge in [0, 0.05) is 17.9 Å². The summed E-state index contributed by atoms with van der Waals surface area (Å²) in [6, 6.07) is 15.8. The second kappa shape index (κ2) is 5.35. The van der Waals surface area contributed by atoms with Gasteiger partial charge in [0.2, 0.25) is 0 Å². The maximum Gasteiger partial charge on any atom is 0.327 e. The van der Waals surface area contributed by atoms with Crippen LogP contribution in [0, 0.1) is 0 Å². The number of aromatic nitrogens is 2. The van der Waals surface area contributed by atoms with Crippen molar-refractivity contribution in [3.8, 4) is 0 Å². The van der Waals surface area contributed by atoms with Gasteiger partial charge < -0.3 is 16.0 Å². The Morgan fingerprint density at radius 2 is 1.86 bits per heavy atom. The van der Waals surface area contributed by atoms with E-state index in [-0.39, 0.29) is 5.69 Å². The fourth-order valence-electron chi connectivity index (χ4n) is 2.57. The summed E-state index contributed by atoms with van der Waals surface area (Å²) in [5.41, 5.74) is 8.83. The number of rotatable bonds is 4. The van der Waals surface area contributed by atoms with Crippen LogP contribution in [0.2, 0.25) is 0 Å². The number of nitrogens with zero attached hydrogens (tertiary/aromatic N) is 1. The van der Waals surface area contributed by atoms with Gasteiger partial charge in [0.1, 0.15) is 0 Å².